The first-order valence-electron chi connectivity index (χ1n) is 7.43. The Morgan fingerprint density at radius 3 is 2.56 bits per heavy atom. The average Bonchev–Trinajstić information content (AvgIpc) is 2.78. The van der Waals surface area contributed by atoms with Crippen molar-refractivity contribution in [3.05, 3.63) is 27.6 Å². The van der Waals surface area contributed by atoms with Crippen LogP contribution in [-0.2, 0) is 9.59 Å². The number of rotatable bonds is 7. The van der Waals surface area contributed by atoms with Gasteiger partial charge in [-0.15, -0.1) is 0 Å². The van der Waals surface area contributed by atoms with Crippen molar-refractivity contribution in [1.29, 1.82) is 0 Å². The molecule has 1 heterocycles. The molecular formula is C16H16ClNO6S. The van der Waals surface area contributed by atoms with E-state index in [0.29, 0.717) is 52.0 Å². The number of thioether (sulfide) groups is 1. The third-order valence-corrected chi connectivity index (χ3v) is 4.27. The Kier molecular flexibility index (Phi) is 6.33. The summed E-state index contributed by atoms with van der Waals surface area (Å²) in [5, 5.41) is 8.46. The van der Waals surface area contributed by atoms with Crippen LogP contribution in [0.4, 0.5) is 4.79 Å². The maximum atomic E-state index is 12.2. The Bertz CT molecular complexity index is 748. The number of halogens is 1. The highest BCUT2D eigenvalue weighted by molar-refractivity contribution is 8.18. The molecule has 1 aliphatic heterocycles. The van der Waals surface area contributed by atoms with Crippen LogP contribution in [0.15, 0.2) is 17.0 Å². The number of carbonyl (C=O) groups excluding carboxylic acids is 2. The second-order valence-electron chi connectivity index (χ2n) is 4.86. The molecule has 0 aromatic heterocycles. The van der Waals surface area contributed by atoms with Crippen molar-refractivity contribution < 1.29 is 29.0 Å². The van der Waals surface area contributed by atoms with E-state index in [1.54, 1.807) is 12.1 Å². The zero-order chi connectivity index (χ0) is 18.6. The van der Waals surface area contributed by atoms with E-state index >= 15 is 0 Å². The molecule has 1 saturated heterocycles. The van der Waals surface area contributed by atoms with Crippen LogP contribution in [0.3, 0.4) is 0 Å². The van der Waals surface area contributed by atoms with Crippen molar-refractivity contribution in [2.45, 2.75) is 13.8 Å². The van der Waals surface area contributed by atoms with Crippen LogP contribution in [0.25, 0.3) is 6.08 Å². The van der Waals surface area contributed by atoms with E-state index in [9.17, 15) is 14.4 Å². The zero-order valence-electron chi connectivity index (χ0n) is 13.6. The normalized spacial score (nSPS) is 15.8. The number of nitrogens with zero attached hydrogens (tertiary/aromatic N) is 1. The molecule has 7 nitrogen and oxygen atoms in total. The Morgan fingerprint density at radius 2 is 1.96 bits per heavy atom. The molecule has 0 spiro atoms. The van der Waals surface area contributed by atoms with Crippen LogP contribution in [-0.4, -0.2) is 46.9 Å². The van der Waals surface area contributed by atoms with E-state index in [0.717, 1.165) is 0 Å². The van der Waals surface area contributed by atoms with Crippen LogP contribution in [0.1, 0.15) is 19.4 Å². The molecule has 2 amide bonds. The number of ether oxygens (including phenoxy) is 2. The van der Waals surface area contributed by atoms with Gasteiger partial charge in [-0.2, -0.15) is 0 Å². The lowest BCUT2D eigenvalue weighted by Gasteiger charge is -2.13. The molecule has 25 heavy (non-hydrogen) atoms. The summed E-state index contributed by atoms with van der Waals surface area (Å²) in [5.41, 5.74) is 0.540. The molecule has 134 valence electrons. The summed E-state index contributed by atoms with van der Waals surface area (Å²) in [6, 6.07) is 3.23. The molecule has 2 rings (SSSR count). The third-order valence-electron chi connectivity index (χ3n) is 3.09. The Morgan fingerprint density at radius 1 is 1.28 bits per heavy atom. The van der Waals surface area contributed by atoms with Gasteiger partial charge in [-0.1, -0.05) is 11.6 Å². The van der Waals surface area contributed by atoms with Crippen molar-refractivity contribution in [3.8, 4) is 11.5 Å². The standard InChI is InChI=1S/C16H16ClNO6S/c1-3-23-11-6-9(5-10(17)14(11)24-4-2)7-12-15(21)18(8-13(19)20)16(22)25-12/h5-7H,3-4,8H2,1-2H3,(H,19,20)/b12-7+. The maximum absolute atomic E-state index is 12.2. The highest BCUT2D eigenvalue weighted by Gasteiger charge is 2.36. The van der Waals surface area contributed by atoms with Gasteiger partial charge in [-0.3, -0.25) is 19.3 Å². The Hall–Kier alpha value is -2.19. The van der Waals surface area contributed by atoms with Gasteiger partial charge in [0, 0.05) is 0 Å². The van der Waals surface area contributed by atoms with E-state index in [4.69, 9.17) is 26.2 Å². The number of hydrogen-bond donors (Lipinski definition) is 1. The maximum Gasteiger partial charge on any atom is 0.323 e. The van der Waals surface area contributed by atoms with Gasteiger partial charge in [-0.25, -0.2) is 0 Å². The van der Waals surface area contributed by atoms with Gasteiger partial charge in [-0.05, 0) is 49.4 Å². The minimum atomic E-state index is -1.26. The minimum Gasteiger partial charge on any atom is -0.490 e. The summed E-state index contributed by atoms with van der Waals surface area (Å²) in [5.74, 6) is -1.08. The van der Waals surface area contributed by atoms with E-state index in [1.807, 2.05) is 13.8 Å². The van der Waals surface area contributed by atoms with Gasteiger partial charge < -0.3 is 14.6 Å². The number of carbonyl (C=O) groups is 3. The summed E-state index contributed by atoms with van der Waals surface area (Å²) in [4.78, 5) is 35.5. The highest BCUT2D eigenvalue weighted by atomic mass is 35.5. The zero-order valence-corrected chi connectivity index (χ0v) is 15.1. The van der Waals surface area contributed by atoms with Gasteiger partial charge in [0.1, 0.15) is 6.54 Å². The van der Waals surface area contributed by atoms with Crippen molar-refractivity contribution in [2.75, 3.05) is 19.8 Å². The number of benzene rings is 1. The Balaban J connectivity index is 2.36. The molecule has 0 radical (unpaired) electrons. The number of carboxylic acids is 1. The second-order valence-corrected chi connectivity index (χ2v) is 6.26. The molecule has 0 saturated carbocycles. The molecule has 1 aromatic carbocycles. The first-order chi connectivity index (χ1) is 11.9. The molecule has 0 bridgehead atoms. The summed E-state index contributed by atoms with van der Waals surface area (Å²) in [6.45, 7) is 3.77. The number of carboxylic acid groups (broad SMARTS) is 1. The lowest BCUT2D eigenvalue weighted by molar-refractivity contribution is -0.140. The fourth-order valence-electron chi connectivity index (χ4n) is 2.14. The van der Waals surface area contributed by atoms with Gasteiger partial charge in [0.25, 0.3) is 11.1 Å². The summed E-state index contributed by atoms with van der Waals surface area (Å²) < 4.78 is 11.0. The first-order valence-corrected chi connectivity index (χ1v) is 8.63. The van der Waals surface area contributed by atoms with Gasteiger partial charge >= 0.3 is 5.97 Å². The highest BCUT2D eigenvalue weighted by Crippen LogP contribution is 2.39. The van der Waals surface area contributed by atoms with Crippen molar-refractivity contribution in [2.24, 2.45) is 0 Å². The van der Waals surface area contributed by atoms with E-state index in [2.05, 4.69) is 0 Å². The molecule has 0 atom stereocenters. The number of amides is 2. The van der Waals surface area contributed by atoms with Gasteiger partial charge in [0.05, 0.1) is 23.1 Å². The fourth-order valence-corrected chi connectivity index (χ4v) is 3.25. The SMILES string of the molecule is CCOc1cc(/C=C2/SC(=O)N(CC(=O)O)C2=O)cc(Cl)c1OCC. The molecule has 1 aromatic rings. The number of imide groups is 1. The molecular weight excluding hydrogens is 370 g/mol. The van der Waals surface area contributed by atoms with Crippen molar-refractivity contribution in [1.82, 2.24) is 4.90 Å². The van der Waals surface area contributed by atoms with Crippen LogP contribution < -0.4 is 9.47 Å². The molecule has 1 fully saturated rings. The van der Waals surface area contributed by atoms with Crippen LogP contribution in [0, 0.1) is 0 Å². The Labute approximate surface area is 153 Å². The largest absolute Gasteiger partial charge is 0.490 e. The van der Waals surface area contributed by atoms with Crippen molar-refractivity contribution in [3.63, 3.8) is 0 Å². The first kappa shape index (κ1) is 19.1. The number of aliphatic carboxylic acids is 1. The van der Waals surface area contributed by atoms with E-state index in [1.165, 1.54) is 6.08 Å². The van der Waals surface area contributed by atoms with Gasteiger partial charge in [0.2, 0.25) is 0 Å². The molecule has 0 unspecified atom stereocenters. The van der Waals surface area contributed by atoms with Crippen LogP contribution in [0.5, 0.6) is 11.5 Å². The topological polar surface area (TPSA) is 93.1 Å². The predicted octanol–water partition coefficient (Wildman–Crippen LogP) is 3.26. The summed E-state index contributed by atoms with van der Waals surface area (Å²) >= 11 is 6.89. The monoisotopic (exact) mass is 385 g/mol. The number of hydrogen-bond acceptors (Lipinski definition) is 6. The molecule has 0 aliphatic carbocycles. The summed E-state index contributed by atoms with van der Waals surface area (Å²) in [7, 11) is 0. The second kappa shape index (κ2) is 8.26. The van der Waals surface area contributed by atoms with Gasteiger partial charge in [0.15, 0.2) is 11.5 Å². The minimum absolute atomic E-state index is 0.119. The van der Waals surface area contributed by atoms with Crippen LogP contribution in [0.2, 0.25) is 5.02 Å². The average molecular weight is 386 g/mol. The third kappa shape index (κ3) is 4.46. The van der Waals surface area contributed by atoms with E-state index in [-0.39, 0.29) is 4.91 Å². The molecule has 9 heteroatoms. The fraction of sp³-hybridized carbons (Fsp3) is 0.312. The lowest BCUT2D eigenvalue weighted by Crippen LogP contribution is -2.33. The molecule has 1 aliphatic rings. The predicted molar refractivity (Wildman–Crippen MR) is 94.1 cm³/mol. The van der Waals surface area contributed by atoms with Crippen LogP contribution >= 0.6 is 23.4 Å². The lowest BCUT2D eigenvalue weighted by atomic mass is 10.1. The smallest absolute Gasteiger partial charge is 0.323 e. The molecule has 1 N–H and O–H groups in total. The van der Waals surface area contributed by atoms with E-state index < -0.39 is 23.7 Å². The summed E-state index contributed by atoms with van der Waals surface area (Å²) in [6.07, 6.45) is 1.47. The van der Waals surface area contributed by atoms with Crippen molar-refractivity contribution >= 4 is 46.6 Å². The quantitative estimate of drug-likeness (QED) is 0.720.